The van der Waals surface area contributed by atoms with E-state index in [0.717, 1.165) is 5.75 Å². The Morgan fingerprint density at radius 1 is 1.47 bits per heavy atom. The van der Waals surface area contributed by atoms with Crippen LogP contribution < -0.4 is 9.58 Å². The summed E-state index contributed by atoms with van der Waals surface area (Å²) in [6.45, 7) is 5.76. The Bertz CT molecular complexity index is 329. The molecule has 0 spiro atoms. The largest absolute Gasteiger partial charge is 0.272 e. The van der Waals surface area contributed by atoms with Gasteiger partial charge in [0.15, 0.2) is 0 Å². The van der Waals surface area contributed by atoms with Gasteiger partial charge in [0.05, 0.1) is 5.75 Å². The topological polar surface area (TPSA) is 58.2 Å². The summed E-state index contributed by atoms with van der Waals surface area (Å²) in [7, 11) is -1.52. The van der Waals surface area contributed by atoms with E-state index in [1.807, 2.05) is 0 Å². The summed E-state index contributed by atoms with van der Waals surface area (Å²) in [6.07, 6.45) is 0. The maximum Gasteiger partial charge on any atom is 0.216 e. The van der Waals surface area contributed by atoms with E-state index in [4.69, 9.17) is 11.8 Å². The summed E-state index contributed by atoms with van der Waals surface area (Å²) in [6, 6.07) is 0. The molecule has 0 radical (unpaired) electrons. The normalized spacial score (nSPS) is 16.6. The molecule has 0 saturated heterocycles. The molecule has 0 amide bonds. The van der Waals surface area contributed by atoms with Crippen LogP contribution in [0, 0.1) is 5.92 Å². The molecule has 0 aliphatic carbocycles. The molecule has 1 atom stereocenters. The predicted octanol–water partition coefficient (Wildman–Crippen LogP) is 1.76. The van der Waals surface area contributed by atoms with Crippen molar-refractivity contribution >= 4 is 38.8 Å². The van der Waals surface area contributed by atoms with Gasteiger partial charge in [-0.3, -0.25) is 5.09 Å². The molecule has 15 heavy (non-hydrogen) atoms. The van der Waals surface area contributed by atoms with Crippen molar-refractivity contribution < 1.29 is 8.42 Å². The van der Waals surface area contributed by atoms with Crippen LogP contribution in [-0.4, -0.2) is 27.0 Å². The molecule has 0 aromatic heterocycles. The molecule has 0 aliphatic rings. The Kier molecular flexibility index (Phi) is 6.95. The van der Waals surface area contributed by atoms with Crippen LogP contribution in [-0.2, 0) is 21.8 Å². The highest BCUT2D eigenvalue weighted by molar-refractivity contribution is 8.70. The lowest BCUT2D eigenvalue weighted by Crippen LogP contribution is -2.26. The molecule has 0 aliphatic heterocycles. The quantitative estimate of drug-likeness (QED) is 0.700. The van der Waals surface area contributed by atoms with Crippen molar-refractivity contribution in [2.24, 2.45) is 5.92 Å². The number of hydrogen-bond donors (Lipinski definition) is 2. The fourth-order valence-electron chi connectivity index (χ4n) is 0.638. The molecule has 0 aromatic rings. The first-order valence-corrected chi connectivity index (χ1v) is 10.7. The van der Waals surface area contributed by atoms with Gasteiger partial charge < -0.3 is 0 Å². The molecule has 0 bridgehead atoms. The molecule has 0 heterocycles. The average Bonchev–Trinajstić information content (AvgIpc) is 2.14. The standard InChI is InChI=1S/C7H19N2O2PS3/c1-5-15(10,11)9-12(13,8-4)14-6-7(2)3/h7H,5-6H2,1-4H3,(H2,8,9,13). The third-order valence-electron chi connectivity index (χ3n) is 1.52. The molecule has 2 N–H and O–H groups in total. The number of rotatable bonds is 7. The summed E-state index contributed by atoms with van der Waals surface area (Å²) >= 11 is 6.81. The molecule has 0 fully saturated rings. The molecule has 4 nitrogen and oxygen atoms in total. The van der Waals surface area contributed by atoms with E-state index in [1.54, 1.807) is 14.0 Å². The highest BCUT2D eigenvalue weighted by atomic mass is 32.9. The lowest BCUT2D eigenvalue weighted by Gasteiger charge is -2.22. The Morgan fingerprint density at radius 2 is 2.00 bits per heavy atom. The molecular weight excluding hydrogens is 271 g/mol. The highest BCUT2D eigenvalue weighted by Gasteiger charge is 2.21. The Morgan fingerprint density at radius 3 is 2.33 bits per heavy atom. The maximum absolute atomic E-state index is 11.4. The van der Waals surface area contributed by atoms with Crippen molar-refractivity contribution in [3.05, 3.63) is 0 Å². The van der Waals surface area contributed by atoms with Crippen LogP contribution in [0.5, 0.6) is 0 Å². The molecular formula is C7H19N2O2PS3. The van der Waals surface area contributed by atoms with Gasteiger partial charge in [-0.25, -0.2) is 8.42 Å². The number of nitrogens with one attached hydrogen (secondary N) is 2. The van der Waals surface area contributed by atoms with Gasteiger partial charge in [0, 0.05) is 5.75 Å². The monoisotopic (exact) mass is 290 g/mol. The molecule has 0 aromatic carbocycles. The molecule has 0 saturated carbocycles. The third-order valence-corrected chi connectivity index (χ3v) is 11.0. The van der Waals surface area contributed by atoms with Crippen LogP contribution in [0.4, 0.5) is 0 Å². The number of hydrogen-bond acceptors (Lipinski definition) is 4. The molecule has 0 rings (SSSR count). The van der Waals surface area contributed by atoms with E-state index in [1.165, 1.54) is 11.4 Å². The van der Waals surface area contributed by atoms with E-state index in [9.17, 15) is 8.42 Å². The smallest absolute Gasteiger partial charge is 0.216 e. The molecule has 8 heteroatoms. The van der Waals surface area contributed by atoms with E-state index >= 15 is 0 Å². The van der Waals surface area contributed by atoms with Gasteiger partial charge in [0.2, 0.25) is 10.0 Å². The average molecular weight is 290 g/mol. The van der Waals surface area contributed by atoms with Gasteiger partial charge in [0.25, 0.3) is 0 Å². The van der Waals surface area contributed by atoms with Crippen molar-refractivity contribution in [1.82, 2.24) is 9.58 Å². The Hall–Kier alpha value is 0.870. The van der Waals surface area contributed by atoms with Crippen molar-refractivity contribution in [3.63, 3.8) is 0 Å². The first-order valence-electron chi connectivity index (χ1n) is 4.70. The summed E-state index contributed by atoms with van der Waals surface area (Å²) in [4.78, 5) is 0. The van der Waals surface area contributed by atoms with Crippen LogP contribution in [0.25, 0.3) is 0 Å². The predicted molar refractivity (Wildman–Crippen MR) is 73.2 cm³/mol. The van der Waals surface area contributed by atoms with Crippen LogP contribution >= 0.6 is 16.9 Å². The van der Waals surface area contributed by atoms with Crippen molar-refractivity contribution in [2.45, 2.75) is 20.8 Å². The SMILES string of the molecule is CCS(=O)(=O)NP(=S)(NC)SCC(C)C. The second-order valence-electron chi connectivity index (χ2n) is 3.46. The van der Waals surface area contributed by atoms with E-state index in [-0.39, 0.29) is 5.75 Å². The molecule has 92 valence electrons. The highest BCUT2D eigenvalue weighted by Crippen LogP contribution is 2.51. The van der Waals surface area contributed by atoms with E-state index in [2.05, 4.69) is 23.4 Å². The fraction of sp³-hybridized carbons (Fsp3) is 1.00. The number of sulfonamides is 1. The van der Waals surface area contributed by atoms with Crippen LogP contribution in [0.15, 0.2) is 0 Å². The minimum atomic E-state index is -3.23. The van der Waals surface area contributed by atoms with Gasteiger partial charge in [-0.2, -0.15) is 4.49 Å². The van der Waals surface area contributed by atoms with E-state index < -0.39 is 15.6 Å². The minimum absolute atomic E-state index is 0.0648. The molecule has 1 unspecified atom stereocenters. The fourth-order valence-corrected chi connectivity index (χ4v) is 8.81. The zero-order valence-corrected chi connectivity index (χ0v) is 12.8. The van der Waals surface area contributed by atoms with Gasteiger partial charge in [-0.1, -0.05) is 37.0 Å². The first-order chi connectivity index (χ1) is 6.74. The first kappa shape index (κ1) is 15.9. The minimum Gasteiger partial charge on any atom is -0.272 e. The summed E-state index contributed by atoms with van der Waals surface area (Å²) in [5, 5.41) is 2.92. The maximum atomic E-state index is 11.4. The summed E-state index contributed by atoms with van der Waals surface area (Å²) in [5.41, 5.74) is -2.23. The van der Waals surface area contributed by atoms with Crippen molar-refractivity contribution in [1.29, 1.82) is 0 Å². The van der Waals surface area contributed by atoms with Crippen molar-refractivity contribution in [2.75, 3.05) is 18.6 Å². The third kappa shape index (κ3) is 6.92. The van der Waals surface area contributed by atoms with Gasteiger partial charge in [-0.15, -0.1) is 0 Å². The zero-order valence-electron chi connectivity index (χ0n) is 9.48. The van der Waals surface area contributed by atoms with Gasteiger partial charge in [-0.05, 0) is 19.9 Å². The second kappa shape index (κ2) is 6.57. The Balaban J connectivity index is 4.52. The lowest BCUT2D eigenvalue weighted by molar-refractivity contribution is 0.595. The van der Waals surface area contributed by atoms with Gasteiger partial charge in [0.1, 0.15) is 5.54 Å². The zero-order chi connectivity index (χ0) is 12.1. The summed E-state index contributed by atoms with van der Waals surface area (Å²) in [5.74, 6) is 1.41. The lowest BCUT2D eigenvalue weighted by atomic mass is 10.3. The Labute approximate surface area is 102 Å². The van der Waals surface area contributed by atoms with Crippen LogP contribution in [0.1, 0.15) is 20.8 Å². The van der Waals surface area contributed by atoms with Crippen LogP contribution in [0.3, 0.4) is 0 Å². The van der Waals surface area contributed by atoms with Crippen LogP contribution in [0.2, 0.25) is 0 Å². The second-order valence-corrected chi connectivity index (χ2v) is 12.9. The van der Waals surface area contributed by atoms with E-state index in [0.29, 0.717) is 5.92 Å². The van der Waals surface area contributed by atoms with Gasteiger partial charge >= 0.3 is 0 Å². The van der Waals surface area contributed by atoms with Crippen molar-refractivity contribution in [3.8, 4) is 0 Å². The summed E-state index contributed by atoms with van der Waals surface area (Å²) < 4.78 is 25.4.